The summed E-state index contributed by atoms with van der Waals surface area (Å²) in [6.45, 7) is 2.18. The number of nitrogens with zero attached hydrogens (tertiary/aromatic N) is 2. The van der Waals surface area contributed by atoms with E-state index in [1.165, 1.54) is 18.7 Å². The standard InChI is InChI=1S/C13H17N3O/c1-16-11(12-3-2-8-17-12)9-15-13(16)10-4-6-14-7-5-10/h2-3,8-10,14H,4-7H2,1H3. The van der Waals surface area contributed by atoms with Gasteiger partial charge in [-0.15, -0.1) is 0 Å². The molecule has 1 N–H and O–H groups in total. The van der Waals surface area contributed by atoms with Crippen molar-refractivity contribution < 1.29 is 4.42 Å². The minimum absolute atomic E-state index is 0.574. The first kappa shape index (κ1) is 10.6. The minimum atomic E-state index is 0.574. The summed E-state index contributed by atoms with van der Waals surface area (Å²) in [6, 6.07) is 3.88. The monoisotopic (exact) mass is 231 g/mol. The molecule has 1 saturated heterocycles. The lowest BCUT2D eigenvalue weighted by molar-refractivity contribution is 0.437. The van der Waals surface area contributed by atoms with Crippen LogP contribution in [0.2, 0.25) is 0 Å². The van der Waals surface area contributed by atoms with Crippen LogP contribution in [0.15, 0.2) is 29.0 Å². The van der Waals surface area contributed by atoms with E-state index in [4.69, 9.17) is 4.42 Å². The fourth-order valence-electron chi connectivity index (χ4n) is 2.54. The molecular formula is C13H17N3O. The summed E-state index contributed by atoms with van der Waals surface area (Å²) in [5.74, 6) is 2.64. The molecular weight excluding hydrogens is 214 g/mol. The minimum Gasteiger partial charge on any atom is -0.463 e. The molecule has 0 radical (unpaired) electrons. The summed E-state index contributed by atoms with van der Waals surface area (Å²) in [5.41, 5.74) is 1.06. The van der Waals surface area contributed by atoms with Crippen molar-refractivity contribution in [3.05, 3.63) is 30.4 Å². The average Bonchev–Trinajstić information content (AvgIpc) is 2.99. The molecule has 0 atom stereocenters. The van der Waals surface area contributed by atoms with Crippen LogP contribution < -0.4 is 5.32 Å². The van der Waals surface area contributed by atoms with E-state index >= 15 is 0 Å². The first-order valence-electron chi connectivity index (χ1n) is 6.12. The van der Waals surface area contributed by atoms with Crippen molar-refractivity contribution in [2.45, 2.75) is 18.8 Å². The number of imidazole rings is 1. The van der Waals surface area contributed by atoms with Crippen LogP contribution in [0.5, 0.6) is 0 Å². The van der Waals surface area contributed by atoms with Gasteiger partial charge in [-0.1, -0.05) is 0 Å². The summed E-state index contributed by atoms with van der Waals surface area (Å²) in [7, 11) is 2.07. The van der Waals surface area contributed by atoms with Crippen molar-refractivity contribution in [3.8, 4) is 11.5 Å². The highest BCUT2D eigenvalue weighted by atomic mass is 16.3. The Morgan fingerprint density at radius 3 is 2.94 bits per heavy atom. The molecule has 3 heterocycles. The number of hydrogen-bond donors (Lipinski definition) is 1. The summed E-state index contributed by atoms with van der Waals surface area (Å²) in [5, 5.41) is 3.38. The lowest BCUT2D eigenvalue weighted by atomic mass is 9.97. The smallest absolute Gasteiger partial charge is 0.151 e. The number of nitrogens with one attached hydrogen (secondary N) is 1. The molecule has 4 nitrogen and oxygen atoms in total. The van der Waals surface area contributed by atoms with Crippen molar-refractivity contribution >= 4 is 0 Å². The quantitative estimate of drug-likeness (QED) is 0.861. The van der Waals surface area contributed by atoms with Gasteiger partial charge in [0.25, 0.3) is 0 Å². The van der Waals surface area contributed by atoms with Gasteiger partial charge in [-0.05, 0) is 38.1 Å². The van der Waals surface area contributed by atoms with E-state index in [2.05, 4.69) is 21.9 Å². The zero-order chi connectivity index (χ0) is 11.7. The van der Waals surface area contributed by atoms with Gasteiger partial charge in [-0.3, -0.25) is 0 Å². The van der Waals surface area contributed by atoms with Crippen LogP contribution in [-0.4, -0.2) is 22.6 Å². The molecule has 1 aliphatic rings. The maximum atomic E-state index is 5.43. The Kier molecular flexibility index (Phi) is 2.73. The Hall–Kier alpha value is -1.55. The lowest BCUT2D eigenvalue weighted by Crippen LogP contribution is -2.27. The molecule has 0 bridgehead atoms. The molecule has 2 aromatic heterocycles. The molecule has 3 rings (SSSR count). The van der Waals surface area contributed by atoms with Crippen LogP contribution in [0, 0.1) is 0 Å². The Morgan fingerprint density at radius 2 is 2.24 bits per heavy atom. The van der Waals surface area contributed by atoms with Crippen LogP contribution >= 0.6 is 0 Å². The van der Waals surface area contributed by atoms with E-state index in [0.29, 0.717) is 5.92 Å². The maximum Gasteiger partial charge on any atom is 0.151 e. The lowest BCUT2D eigenvalue weighted by Gasteiger charge is -2.22. The Labute approximate surface area is 101 Å². The van der Waals surface area contributed by atoms with Crippen molar-refractivity contribution in [3.63, 3.8) is 0 Å². The van der Waals surface area contributed by atoms with E-state index in [1.807, 2.05) is 18.3 Å². The number of hydrogen-bond acceptors (Lipinski definition) is 3. The van der Waals surface area contributed by atoms with Crippen molar-refractivity contribution in [2.24, 2.45) is 7.05 Å². The normalized spacial score (nSPS) is 17.5. The maximum absolute atomic E-state index is 5.43. The largest absolute Gasteiger partial charge is 0.463 e. The van der Waals surface area contributed by atoms with E-state index in [0.717, 1.165) is 24.5 Å². The molecule has 0 unspecified atom stereocenters. The molecule has 4 heteroatoms. The molecule has 1 fully saturated rings. The zero-order valence-electron chi connectivity index (χ0n) is 10.0. The topological polar surface area (TPSA) is 43.0 Å². The second kappa shape index (κ2) is 4.37. The van der Waals surface area contributed by atoms with Gasteiger partial charge in [-0.2, -0.15) is 0 Å². The van der Waals surface area contributed by atoms with Crippen LogP contribution in [0.1, 0.15) is 24.6 Å². The van der Waals surface area contributed by atoms with Gasteiger partial charge >= 0.3 is 0 Å². The second-order valence-corrected chi connectivity index (χ2v) is 4.56. The highest BCUT2D eigenvalue weighted by Gasteiger charge is 2.21. The van der Waals surface area contributed by atoms with Gasteiger partial charge < -0.3 is 14.3 Å². The molecule has 0 saturated carbocycles. The molecule has 0 aromatic carbocycles. The van der Waals surface area contributed by atoms with E-state index in [-0.39, 0.29) is 0 Å². The third-order valence-corrected chi connectivity index (χ3v) is 3.50. The van der Waals surface area contributed by atoms with Gasteiger partial charge in [-0.25, -0.2) is 4.98 Å². The fourth-order valence-corrected chi connectivity index (χ4v) is 2.54. The highest BCUT2D eigenvalue weighted by Crippen LogP contribution is 2.28. The number of piperidine rings is 1. The molecule has 0 amide bonds. The number of furan rings is 1. The summed E-state index contributed by atoms with van der Waals surface area (Å²) in [6.07, 6.45) is 5.95. The Morgan fingerprint density at radius 1 is 1.41 bits per heavy atom. The molecule has 0 aliphatic carbocycles. The molecule has 2 aromatic rings. The third kappa shape index (κ3) is 1.89. The van der Waals surface area contributed by atoms with Crippen molar-refractivity contribution in [1.82, 2.24) is 14.9 Å². The van der Waals surface area contributed by atoms with Crippen LogP contribution in [0.3, 0.4) is 0 Å². The predicted molar refractivity (Wildman–Crippen MR) is 65.8 cm³/mol. The SMILES string of the molecule is Cn1c(-c2ccco2)cnc1C1CCNCC1. The Bertz CT molecular complexity index is 481. The van der Waals surface area contributed by atoms with Gasteiger partial charge in [0.05, 0.1) is 12.5 Å². The number of rotatable bonds is 2. The summed E-state index contributed by atoms with van der Waals surface area (Å²) in [4.78, 5) is 4.57. The average molecular weight is 231 g/mol. The number of aromatic nitrogens is 2. The second-order valence-electron chi connectivity index (χ2n) is 4.56. The third-order valence-electron chi connectivity index (χ3n) is 3.50. The molecule has 1 aliphatic heterocycles. The molecule has 17 heavy (non-hydrogen) atoms. The summed E-state index contributed by atoms with van der Waals surface area (Å²) < 4.78 is 7.59. The van der Waals surface area contributed by atoms with Crippen LogP contribution in [0.25, 0.3) is 11.5 Å². The van der Waals surface area contributed by atoms with Crippen molar-refractivity contribution in [1.29, 1.82) is 0 Å². The zero-order valence-corrected chi connectivity index (χ0v) is 10.0. The summed E-state index contributed by atoms with van der Waals surface area (Å²) >= 11 is 0. The first-order chi connectivity index (χ1) is 8.36. The van der Waals surface area contributed by atoms with Gasteiger partial charge in [0, 0.05) is 13.0 Å². The van der Waals surface area contributed by atoms with Gasteiger partial charge in [0.2, 0.25) is 0 Å². The van der Waals surface area contributed by atoms with E-state index in [1.54, 1.807) is 6.26 Å². The van der Waals surface area contributed by atoms with E-state index in [9.17, 15) is 0 Å². The van der Waals surface area contributed by atoms with Crippen LogP contribution in [0.4, 0.5) is 0 Å². The first-order valence-corrected chi connectivity index (χ1v) is 6.12. The van der Waals surface area contributed by atoms with Crippen molar-refractivity contribution in [2.75, 3.05) is 13.1 Å². The van der Waals surface area contributed by atoms with Gasteiger partial charge in [0.15, 0.2) is 5.76 Å². The molecule has 90 valence electrons. The van der Waals surface area contributed by atoms with E-state index < -0.39 is 0 Å². The molecule has 0 spiro atoms. The van der Waals surface area contributed by atoms with Crippen LogP contribution in [-0.2, 0) is 7.05 Å². The van der Waals surface area contributed by atoms with Gasteiger partial charge in [0.1, 0.15) is 11.5 Å². The predicted octanol–water partition coefficient (Wildman–Crippen LogP) is 2.15. The highest BCUT2D eigenvalue weighted by molar-refractivity contribution is 5.52. The Balaban J connectivity index is 1.92. The fraction of sp³-hybridized carbons (Fsp3) is 0.462.